The highest BCUT2D eigenvalue weighted by atomic mass is 127. The van der Waals surface area contributed by atoms with Crippen molar-refractivity contribution in [3.63, 3.8) is 0 Å². The summed E-state index contributed by atoms with van der Waals surface area (Å²) in [6.45, 7) is 5.43. The van der Waals surface area contributed by atoms with E-state index in [1.807, 2.05) is 38.1 Å². The standard InChI is InChI=1S/C16H18IO2.CHF3O3S/c1-3-18-15-9-5-13(6-10-15)17-14-7-11-16(12-8-14)19-4-2;2-1(3,4)8(5,6)7/h5-12H,3-4H2,1-2H3;(H,5,6,7)/q+1;/p-1. The zero-order valence-electron chi connectivity index (χ0n) is 14.5. The van der Waals surface area contributed by atoms with Crippen LogP contribution < -0.4 is 30.7 Å². The molecule has 0 bridgehead atoms. The van der Waals surface area contributed by atoms with E-state index >= 15 is 0 Å². The molecule has 0 aliphatic carbocycles. The van der Waals surface area contributed by atoms with Crippen molar-refractivity contribution < 1.29 is 56.8 Å². The highest BCUT2D eigenvalue weighted by Crippen LogP contribution is 2.20. The molecule has 0 radical (unpaired) electrons. The molecule has 0 unspecified atom stereocenters. The van der Waals surface area contributed by atoms with Gasteiger partial charge in [-0.05, 0) is 62.4 Å². The SMILES string of the molecule is CCOc1ccc([I+]c2ccc(OCC)cc2)cc1.O=S(=O)([O-])C(F)(F)F. The molecular weight excluding hydrogens is 500 g/mol. The minimum atomic E-state index is -6.09. The fourth-order valence-electron chi connectivity index (χ4n) is 1.65. The number of hydrogen-bond acceptors (Lipinski definition) is 5. The first-order valence-electron chi connectivity index (χ1n) is 7.69. The molecule has 0 aliphatic heterocycles. The third-order valence-electron chi connectivity index (χ3n) is 2.75. The van der Waals surface area contributed by atoms with E-state index in [1.165, 1.54) is 7.14 Å². The van der Waals surface area contributed by atoms with Gasteiger partial charge in [-0.15, -0.1) is 0 Å². The summed E-state index contributed by atoms with van der Waals surface area (Å²) in [5.74, 6) is 1.89. The second-order valence-electron chi connectivity index (χ2n) is 4.77. The van der Waals surface area contributed by atoms with Crippen LogP contribution in [0.2, 0.25) is 0 Å². The number of ether oxygens (including phenoxy) is 2. The maximum absolute atomic E-state index is 10.7. The topological polar surface area (TPSA) is 75.7 Å². The van der Waals surface area contributed by atoms with Crippen LogP contribution in [0.15, 0.2) is 48.5 Å². The lowest BCUT2D eigenvalue weighted by Gasteiger charge is -2.08. The Labute approximate surface area is 166 Å². The second-order valence-corrected chi connectivity index (χ2v) is 9.17. The van der Waals surface area contributed by atoms with Gasteiger partial charge < -0.3 is 14.0 Å². The van der Waals surface area contributed by atoms with Crippen molar-refractivity contribution in [2.45, 2.75) is 19.4 Å². The molecule has 0 atom stereocenters. The van der Waals surface area contributed by atoms with Crippen molar-refractivity contribution in [2.75, 3.05) is 13.2 Å². The van der Waals surface area contributed by atoms with Gasteiger partial charge in [0.15, 0.2) is 17.3 Å². The van der Waals surface area contributed by atoms with E-state index in [4.69, 9.17) is 22.4 Å². The van der Waals surface area contributed by atoms with Gasteiger partial charge in [-0.25, -0.2) is 8.42 Å². The number of halogens is 4. The fraction of sp³-hybridized carbons (Fsp3) is 0.294. The van der Waals surface area contributed by atoms with Crippen LogP contribution in [0, 0.1) is 7.14 Å². The summed E-state index contributed by atoms with van der Waals surface area (Å²) in [6, 6.07) is 16.8. The van der Waals surface area contributed by atoms with Gasteiger partial charge in [0.05, 0.1) is 13.2 Å². The van der Waals surface area contributed by atoms with Crippen molar-refractivity contribution in [1.82, 2.24) is 0 Å². The van der Waals surface area contributed by atoms with Gasteiger partial charge >= 0.3 is 26.7 Å². The summed E-state index contributed by atoms with van der Waals surface area (Å²) in [6.07, 6.45) is 0. The van der Waals surface area contributed by atoms with Crippen LogP contribution in [0.5, 0.6) is 11.5 Å². The van der Waals surface area contributed by atoms with Crippen LogP contribution in [0.4, 0.5) is 13.2 Å². The van der Waals surface area contributed by atoms with E-state index < -0.39 is 15.6 Å². The highest BCUT2D eigenvalue weighted by Gasteiger charge is 2.36. The van der Waals surface area contributed by atoms with Crippen molar-refractivity contribution in [3.05, 3.63) is 55.7 Å². The van der Waals surface area contributed by atoms with E-state index in [1.54, 1.807) is 0 Å². The zero-order chi connectivity index (χ0) is 20.5. The lowest BCUT2D eigenvalue weighted by molar-refractivity contribution is -0.597. The van der Waals surface area contributed by atoms with Crippen molar-refractivity contribution in [2.24, 2.45) is 0 Å². The fourth-order valence-corrected chi connectivity index (χ4v) is 3.80. The summed E-state index contributed by atoms with van der Waals surface area (Å²) >= 11 is -0.128. The van der Waals surface area contributed by atoms with Crippen LogP contribution in [-0.4, -0.2) is 31.7 Å². The second kappa shape index (κ2) is 10.7. The summed E-state index contributed by atoms with van der Waals surface area (Å²) < 4.78 is 72.6. The Balaban J connectivity index is 0.000000387. The van der Waals surface area contributed by atoms with Gasteiger partial charge in [-0.1, -0.05) is 0 Å². The van der Waals surface area contributed by atoms with Crippen LogP contribution in [0.25, 0.3) is 0 Å². The third-order valence-corrected chi connectivity index (χ3v) is 6.00. The van der Waals surface area contributed by atoms with Gasteiger partial charge in [-0.2, -0.15) is 13.2 Å². The largest absolute Gasteiger partial charge is 0.741 e. The van der Waals surface area contributed by atoms with Crippen LogP contribution in [-0.2, 0) is 10.1 Å². The van der Waals surface area contributed by atoms with Gasteiger partial charge in [0, 0.05) is 0 Å². The molecule has 150 valence electrons. The summed E-state index contributed by atoms with van der Waals surface area (Å²) in [5, 5.41) is 0. The average Bonchev–Trinajstić information content (AvgIpc) is 2.58. The Bertz CT molecular complexity index is 743. The van der Waals surface area contributed by atoms with Crippen molar-refractivity contribution in [1.29, 1.82) is 0 Å². The summed E-state index contributed by atoms with van der Waals surface area (Å²) in [7, 11) is -6.09. The summed E-state index contributed by atoms with van der Waals surface area (Å²) in [5.41, 5.74) is -5.65. The lowest BCUT2D eigenvalue weighted by Crippen LogP contribution is -3.61. The van der Waals surface area contributed by atoms with Crippen LogP contribution >= 0.6 is 0 Å². The third kappa shape index (κ3) is 8.80. The van der Waals surface area contributed by atoms with E-state index in [9.17, 15) is 13.2 Å². The molecule has 0 aliphatic rings. The molecule has 0 spiro atoms. The maximum atomic E-state index is 10.7. The quantitative estimate of drug-likeness (QED) is 0.319. The maximum Gasteiger partial charge on any atom is 0.485 e. The average molecular weight is 518 g/mol. The Morgan fingerprint density at radius 2 is 1.15 bits per heavy atom. The first-order valence-corrected chi connectivity index (χ1v) is 11.3. The molecule has 5 nitrogen and oxygen atoms in total. The van der Waals surface area contributed by atoms with E-state index in [2.05, 4.69) is 24.3 Å². The number of rotatable bonds is 6. The molecule has 0 saturated heterocycles. The van der Waals surface area contributed by atoms with Gasteiger partial charge in [-0.3, -0.25) is 0 Å². The molecule has 0 aromatic heterocycles. The van der Waals surface area contributed by atoms with Crippen molar-refractivity contribution in [3.8, 4) is 11.5 Å². The highest BCUT2D eigenvalue weighted by molar-refractivity contribution is 7.86. The van der Waals surface area contributed by atoms with E-state index in [0.29, 0.717) is 13.2 Å². The first kappa shape index (κ1) is 23.5. The zero-order valence-corrected chi connectivity index (χ0v) is 17.5. The van der Waals surface area contributed by atoms with Gasteiger partial charge in [0.2, 0.25) is 0 Å². The summed E-state index contributed by atoms with van der Waals surface area (Å²) in [4.78, 5) is 0. The van der Waals surface area contributed by atoms with E-state index in [-0.39, 0.29) is 21.2 Å². The molecule has 0 heterocycles. The number of alkyl halides is 3. The van der Waals surface area contributed by atoms with Crippen molar-refractivity contribution >= 4 is 10.1 Å². The minimum Gasteiger partial charge on any atom is -0.741 e. The Hall–Kier alpha value is -1.53. The minimum absolute atomic E-state index is 0.128. The molecule has 2 aromatic rings. The van der Waals surface area contributed by atoms with E-state index in [0.717, 1.165) is 11.5 Å². The Morgan fingerprint density at radius 3 is 1.37 bits per heavy atom. The van der Waals surface area contributed by atoms with Crippen LogP contribution in [0.3, 0.4) is 0 Å². The molecule has 27 heavy (non-hydrogen) atoms. The molecule has 0 fully saturated rings. The predicted octanol–water partition coefficient (Wildman–Crippen LogP) is 0.664. The molecule has 0 N–H and O–H groups in total. The molecule has 0 saturated carbocycles. The Kier molecular flexibility index (Phi) is 9.33. The van der Waals surface area contributed by atoms with Gasteiger partial charge in [0.25, 0.3) is 0 Å². The lowest BCUT2D eigenvalue weighted by atomic mass is 10.3. The molecule has 2 aromatic carbocycles. The van der Waals surface area contributed by atoms with Crippen LogP contribution in [0.1, 0.15) is 13.8 Å². The monoisotopic (exact) mass is 518 g/mol. The Morgan fingerprint density at radius 1 is 0.852 bits per heavy atom. The first-order chi connectivity index (χ1) is 12.6. The predicted molar refractivity (Wildman–Crippen MR) is 88.4 cm³/mol. The molecular formula is C17H18F3IO5S. The molecule has 0 amide bonds. The number of benzene rings is 2. The molecule has 2 rings (SSSR count). The number of hydrogen-bond donors (Lipinski definition) is 0. The molecule has 10 heteroatoms. The normalized spacial score (nSPS) is 11.3. The van der Waals surface area contributed by atoms with Gasteiger partial charge in [0.1, 0.15) is 11.5 Å². The smallest absolute Gasteiger partial charge is 0.485 e.